The van der Waals surface area contributed by atoms with Gasteiger partial charge in [0.05, 0.1) is 27.7 Å². The molecule has 0 rings (SSSR count). The zero-order valence-corrected chi connectivity index (χ0v) is 36.9. The molecule has 10 heteroatoms. The Labute approximate surface area is 333 Å². The van der Waals surface area contributed by atoms with E-state index in [0.29, 0.717) is 23.9 Å². The molecule has 54 heavy (non-hydrogen) atoms. The molecule has 0 aliphatic carbocycles. The Bertz CT molecular complexity index is 938. The number of quaternary nitrogens is 1. The molecule has 0 radical (unpaired) electrons. The van der Waals surface area contributed by atoms with Gasteiger partial charge in [-0.1, -0.05) is 167 Å². The topological polar surface area (TPSA) is 108 Å². The van der Waals surface area contributed by atoms with Gasteiger partial charge in [-0.25, -0.2) is 4.57 Å². The lowest BCUT2D eigenvalue weighted by molar-refractivity contribution is -0.870. The Balaban J connectivity index is 4.28. The Morgan fingerprint density at radius 1 is 0.556 bits per heavy atom. The number of hydrogen-bond acceptors (Lipinski definition) is 7. The first-order valence-corrected chi connectivity index (χ1v) is 23.9. The average molecular weight is 789 g/mol. The number of likely N-dealkylation sites (N-methyl/N-ethyl adjacent to an activating group) is 1. The van der Waals surface area contributed by atoms with Crippen LogP contribution in [0.2, 0.25) is 0 Å². The van der Waals surface area contributed by atoms with E-state index in [0.717, 1.165) is 51.4 Å². The Morgan fingerprint density at radius 2 is 0.944 bits per heavy atom. The molecule has 0 aliphatic rings. The summed E-state index contributed by atoms with van der Waals surface area (Å²) in [6, 6.07) is 0. The summed E-state index contributed by atoms with van der Waals surface area (Å²) in [5, 5.41) is 0. The third-order valence-electron chi connectivity index (χ3n) is 9.80. The van der Waals surface area contributed by atoms with E-state index in [4.69, 9.17) is 18.5 Å². The summed E-state index contributed by atoms with van der Waals surface area (Å²) < 4.78 is 34.3. The van der Waals surface area contributed by atoms with Crippen LogP contribution in [-0.2, 0) is 32.7 Å². The lowest BCUT2D eigenvalue weighted by Gasteiger charge is -2.24. The molecule has 0 bridgehead atoms. The van der Waals surface area contributed by atoms with E-state index in [2.05, 4.69) is 26.0 Å². The van der Waals surface area contributed by atoms with Gasteiger partial charge >= 0.3 is 19.8 Å². The van der Waals surface area contributed by atoms with Crippen LogP contribution in [-0.4, -0.2) is 74.9 Å². The maximum atomic E-state index is 12.6. The summed E-state index contributed by atoms with van der Waals surface area (Å²) in [4.78, 5) is 35.3. The third-order valence-corrected chi connectivity index (χ3v) is 10.8. The normalized spacial score (nSPS) is 13.7. The summed E-state index contributed by atoms with van der Waals surface area (Å²) in [6.45, 7) is 4.41. The molecule has 0 saturated heterocycles. The summed E-state index contributed by atoms with van der Waals surface area (Å²) in [7, 11) is 1.48. The highest BCUT2D eigenvalue weighted by Gasteiger charge is 2.27. The van der Waals surface area contributed by atoms with Crippen molar-refractivity contribution in [1.29, 1.82) is 0 Å². The monoisotopic (exact) mass is 789 g/mol. The van der Waals surface area contributed by atoms with Crippen molar-refractivity contribution in [3.63, 3.8) is 0 Å². The average Bonchev–Trinajstić information content (AvgIpc) is 3.12. The number of unbranched alkanes of at least 4 members (excludes halogenated alkanes) is 25. The highest BCUT2D eigenvalue weighted by atomic mass is 31.2. The number of esters is 2. The van der Waals surface area contributed by atoms with Gasteiger partial charge < -0.3 is 18.9 Å². The molecule has 9 nitrogen and oxygen atoms in total. The van der Waals surface area contributed by atoms with Crippen molar-refractivity contribution in [3.05, 3.63) is 12.2 Å². The number of phosphoric ester groups is 1. The van der Waals surface area contributed by atoms with Gasteiger partial charge in [-0.2, -0.15) is 0 Å². The van der Waals surface area contributed by atoms with E-state index in [1.165, 1.54) is 122 Å². The second-order valence-corrected chi connectivity index (χ2v) is 17.9. The minimum Gasteiger partial charge on any atom is -0.462 e. The lowest BCUT2D eigenvalue weighted by atomic mass is 10.0. The quantitative estimate of drug-likeness (QED) is 0.0214. The first-order valence-electron chi connectivity index (χ1n) is 22.4. The van der Waals surface area contributed by atoms with Crippen molar-refractivity contribution in [1.82, 2.24) is 0 Å². The maximum absolute atomic E-state index is 12.6. The fraction of sp³-hybridized carbons (Fsp3) is 0.909. The molecule has 2 atom stereocenters. The number of nitrogens with zero attached hydrogens (tertiary/aromatic N) is 1. The molecule has 0 amide bonds. The van der Waals surface area contributed by atoms with Crippen LogP contribution in [0.15, 0.2) is 12.2 Å². The number of carbonyl (C=O) groups is 2. The molecule has 0 saturated carbocycles. The first kappa shape index (κ1) is 52.8. The van der Waals surface area contributed by atoms with Crippen LogP contribution in [0.1, 0.15) is 206 Å². The van der Waals surface area contributed by atoms with Gasteiger partial charge in [-0.3, -0.25) is 18.6 Å². The smallest absolute Gasteiger partial charge is 0.462 e. The largest absolute Gasteiger partial charge is 0.472 e. The van der Waals surface area contributed by atoms with E-state index in [1.54, 1.807) is 0 Å². The second kappa shape index (κ2) is 37.3. The zero-order valence-electron chi connectivity index (χ0n) is 36.0. The van der Waals surface area contributed by atoms with Gasteiger partial charge in [0.25, 0.3) is 0 Å². The van der Waals surface area contributed by atoms with Crippen LogP contribution < -0.4 is 0 Å². The minimum absolute atomic E-state index is 0.0331. The summed E-state index contributed by atoms with van der Waals surface area (Å²) in [6.07, 6.45) is 38.3. The SMILES string of the molecule is CCCCC/C=C\CCCCCCCC(=O)OC(COC(=O)CCCCCCCCCCCCCCCCCCCC)COP(=O)(O)OCC[N+](C)(C)C. The number of carbonyl (C=O) groups excluding carboxylic acids is 2. The molecule has 0 aromatic heterocycles. The fourth-order valence-electron chi connectivity index (χ4n) is 6.24. The zero-order chi connectivity index (χ0) is 40.0. The van der Waals surface area contributed by atoms with Crippen molar-refractivity contribution in [2.45, 2.75) is 213 Å². The molecular formula is C44H87NO8P+. The maximum Gasteiger partial charge on any atom is 0.472 e. The van der Waals surface area contributed by atoms with Crippen molar-refractivity contribution in [3.8, 4) is 0 Å². The van der Waals surface area contributed by atoms with Gasteiger partial charge in [0.2, 0.25) is 0 Å². The van der Waals surface area contributed by atoms with Gasteiger partial charge in [-0.15, -0.1) is 0 Å². The lowest BCUT2D eigenvalue weighted by Crippen LogP contribution is -2.37. The van der Waals surface area contributed by atoms with Gasteiger partial charge in [0, 0.05) is 12.8 Å². The summed E-state index contributed by atoms with van der Waals surface area (Å²) in [5.41, 5.74) is 0. The van der Waals surface area contributed by atoms with Crippen LogP contribution >= 0.6 is 7.82 Å². The van der Waals surface area contributed by atoms with Crippen molar-refractivity contribution in [2.24, 2.45) is 0 Å². The molecule has 1 N–H and O–H groups in total. The molecule has 0 aliphatic heterocycles. The van der Waals surface area contributed by atoms with E-state index in [-0.39, 0.29) is 25.6 Å². The van der Waals surface area contributed by atoms with Crippen LogP contribution in [0.5, 0.6) is 0 Å². The number of phosphoric acid groups is 1. The van der Waals surface area contributed by atoms with Crippen LogP contribution in [0.3, 0.4) is 0 Å². The molecule has 320 valence electrons. The van der Waals surface area contributed by atoms with E-state index < -0.39 is 26.5 Å². The second-order valence-electron chi connectivity index (χ2n) is 16.4. The van der Waals surface area contributed by atoms with Crippen molar-refractivity contribution >= 4 is 19.8 Å². The van der Waals surface area contributed by atoms with Crippen LogP contribution in [0.25, 0.3) is 0 Å². The summed E-state index contributed by atoms with van der Waals surface area (Å²) >= 11 is 0. The van der Waals surface area contributed by atoms with E-state index >= 15 is 0 Å². The number of allylic oxidation sites excluding steroid dienone is 2. The van der Waals surface area contributed by atoms with Crippen LogP contribution in [0.4, 0.5) is 0 Å². The number of rotatable bonds is 41. The number of hydrogen-bond donors (Lipinski definition) is 1. The fourth-order valence-corrected chi connectivity index (χ4v) is 6.99. The predicted molar refractivity (Wildman–Crippen MR) is 224 cm³/mol. The molecule has 2 unspecified atom stereocenters. The Hall–Kier alpha value is -1.25. The molecular weight excluding hydrogens is 701 g/mol. The Kier molecular flexibility index (Phi) is 36.5. The minimum atomic E-state index is -4.37. The van der Waals surface area contributed by atoms with Gasteiger partial charge in [0.15, 0.2) is 6.10 Å². The molecule has 0 aromatic carbocycles. The standard InChI is InChI=1S/C44H86NO8P/c1-6-8-10-12-14-16-18-20-21-22-23-24-25-27-28-30-32-34-36-43(46)50-40-42(41-52-54(48,49)51-39-38-45(3,4)5)53-44(47)37-35-33-31-29-26-19-17-15-13-11-9-7-2/h15,17,42H,6-14,16,18-41H2,1-5H3/p+1/b17-15-. The Morgan fingerprint density at radius 3 is 1.41 bits per heavy atom. The molecule has 0 spiro atoms. The third kappa shape index (κ3) is 40.4. The first-order chi connectivity index (χ1) is 26.0. The molecule has 0 heterocycles. The van der Waals surface area contributed by atoms with Crippen molar-refractivity contribution in [2.75, 3.05) is 47.5 Å². The summed E-state index contributed by atoms with van der Waals surface area (Å²) in [5.74, 6) is -0.799. The highest BCUT2D eigenvalue weighted by molar-refractivity contribution is 7.47. The van der Waals surface area contributed by atoms with Crippen LogP contribution in [0, 0.1) is 0 Å². The van der Waals surface area contributed by atoms with Crippen molar-refractivity contribution < 1.29 is 42.1 Å². The van der Waals surface area contributed by atoms with E-state index in [9.17, 15) is 19.0 Å². The number of ether oxygens (including phenoxy) is 2. The van der Waals surface area contributed by atoms with Gasteiger partial charge in [0.1, 0.15) is 19.8 Å². The van der Waals surface area contributed by atoms with Gasteiger partial charge in [-0.05, 0) is 38.5 Å². The van der Waals surface area contributed by atoms with E-state index in [1.807, 2.05) is 21.1 Å². The predicted octanol–water partition coefficient (Wildman–Crippen LogP) is 12.6. The molecule has 0 fully saturated rings. The molecule has 0 aromatic rings. The highest BCUT2D eigenvalue weighted by Crippen LogP contribution is 2.43.